The Balaban J connectivity index is 3.59. The van der Waals surface area contributed by atoms with E-state index in [4.69, 9.17) is 0 Å². The number of hydrogen-bond donors (Lipinski definition) is 3. The van der Waals surface area contributed by atoms with E-state index in [0.717, 1.165) is 70.6 Å². The second-order valence-corrected chi connectivity index (χ2v) is 19.0. The highest BCUT2D eigenvalue weighted by molar-refractivity contribution is 5.76. The molecule has 1 amide bonds. The summed E-state index contributed by atoms with van der Waals surface area (Å²) in [5.74, 6) is -0.122. The molecule has 0 rings (SSSR count). The molecule has 0 aromatic rings. The molecule has 0 aliphatic heterocycles. The molecule has 0 saturated heterocycles. The number of carbonyl (C=O) groups excluding carboxylic acids is 1. The van der Waals surface area contributed by atoms with Crippen LogP contribution in [0.4, 0.5) is 0 Å². The Hall–Kier alpha value is -2.69. The first-order chi connectivity index (χ1) is 32.7. The monoisotopic (exact) mass is 916 g/mol. The smallest absolute Gasteiger partial charge is 0.220 e. The van der Waals surface area contributed by atoms with Gasteiger partial charge in [-0.3, -0.25) is 4.79 Å². The molecular weight excluding hydrogens is 807 g/mol. The van der Waals surface area contributed by atoms with Crippen molar-refractivity contribution in [3.8, 4) is 0 Å². The van der Waals surface area contributed by atoms with Gasteiger partial charge in [0.05, 0.1) is 18.8 Å². The molecule has 0 bridgehead atoms. The fraction of sp³-hybridized carbons (Fsp3) is 0.726. The van der Waals surface area contributed by atoms with Gasteiger partial charge in [-0.05, 0) is 70.6 Å². The third-order valence-corrected chi connectivity index (χ3v) is 12.6. The highest BCUT2D eigenvalue weighted by Crippen LogP contribution is 2.17. The molecule has 0 fully saturated rings. The van der Waals surface area contributed by atoms with Crippen LogP contribution in [0.25, 0.3) is 0 Å². The minimum Gasteiger partial charge on any atom is -0.394 e. The van der Waals surface area contributed by atoms with E-state index in [2.05, 4.69) is 104 Å². The summed E-state index contributed by atoms with van der Waals surface area (Å²) >= 11 is 0. The third-order valence-electron chi connectivity index (χ3n) is 12.6. The largest absolute Gasteiger partial charge is 0.394 e. The zero-order valence-electron chi connectivity index (χ0n) is 43.7. The Labute approximate surface area is 411 Å². The molecule has 0 aliphatic carbocycles. The summed E-state index contributed by atoms with van der Waals surface area (Å²) < 4.78 is 0. The van der Waals surface area contributed by atoms with E-state index in [1.165, 1.54) is 180 Å². The molecule has 0 spiro atoms. The number of aliphatic hydroxyl groups excluding tert-OH is 2. The summed E-state index contributed by atoms with van der Waals surface area (Å²) in [7, 11) is 0. The van der Waals surface area contributed by atoms with Crippen LogP contribution in [0.3, 0.4) is 0 Å². The van der Waals surface area contributed by atoms with Crippen LogP contribution in [-0.4, -0.2) is 34.9 Å². The summed E-state index contributed by atoms with van der Waals surface area (Å²) in [6.45, 7) is 4.18. The Morgan fingerprint density at radius 1 is 0.379 bits per heavy atom. The molecular formula is C62H109NO3. The Morgan fingerprint density at radius 2 is 0.667 bits per heavy atom. The number of aliphatic hydroxyl groups is 2. The maximum absolute atomic E-state index is 12.4. The molecule has 4 heteroatoms. The van der Waals surface area contributed by atoms with Crippen molar-refractivity contribution in [3.63, 3.8) is 0 Å². The summed E-state index contributed by atoms with van der Waals surface area (Å²) in [6, 6.07) is -0.661. The lowest BCUT2D eigenvalue weighted by Gasteiger charge is -2.19. The van der Waals surface area contributed by atoms with Gasteiger partial charge in [0.15, 0.2) is 0 Å². The number of nitrogens with one attached hydrogen (secondary N) is 1. The van der Waals surface area contributed by atoms with Gasteiger partial charge in [-0.2, -0.15) is 0 Å². The number of unbranched alkanes of at least 4 members (excludes halogenated alkanes) is 30. The Bertz CT molecular complexity index is 1220. The average Bonchev–Trinajstić information content (AvgIpc) is 3.32. The molecule has 0 aromatic carbocycles. The molecule has 380 valence electrons. The van der Waals surface area contributed by atoms with E-state index in [1.54, 1.807) is 6.08 Å². The van der Waals surface area contributed by atoms with Crippen LogP contribution in [0.15, 0.2) is 97.2 Å². The molecule has 0 saturated carbocycles. The summed E-state index contributed by atoms with van der Waals surface area (Å²) in [4.78, 5) is 12.4. The second-order valence-electron chi connectivity index (χ2n) is 19.0. The van der Waals surface area contributed by atoms with Gasteiger partial charge in [0, 0.05) is 6.42 Å². The number of amides is 1. The van der Waals surface area contributed by atoms with Crippen molar-refractivity contribution >= 4 is 5.91 Å². The molecule has 0 aromatic heterocycles. The molecule has 66 heavy (non-hydrogen) atoms. The molecule has 0 aliphatic rings. The maximum atomic E-state index is 12.4. The molecule has 4 nitrogen and oxygen atoms in total. The normalized spacial score (nSPS) is 13.6. The van der Waals surface area contributed by atoms with Crippen LogP contribution < -0.4 is 5.32 Å². The predicted molar refractivity (Wildman–Crippen MR) is 294 cm³/mol. The lowest BCUT2D eigenvalue weighted by Crippen LogP contribution is -2.45. The van der Waals surface area contributed by atoms with Crippen molar-refractivity contribution in [2.45, 2.75) is 283 Å². The van der Waals surface area contributed by atoms with Crippen molar-refractivity contribution in [3.05, 3.63) is 97.2 Å². The van der Waals surface area contributed by atoms with Gasteiger partial charge in [0.25, 0.3) is 0 Å². The van der Waals surface area contributed by atoms with E-state index < -0.39 is 12.1 Å². The lowest BCUT2D eigenvalue weighted by atomic mass is 10.0. The lowest BCUT2D eigenvalue weighted by molar-refractivity contribution is -0.122. The maximum Gasteiger partial charge on any atom is 0.220 e. The van der Waals surface area contributed by atoms with Crippen molar-refractivity contribution in [2.75, 3.05) is 6.61 Å². The SMILES string of the molecule is CC/C=C\C/C=C\C/C=C\C/C=C\C/C=C\C/C=C\C/C=C\CCCC(=O)NC(CO)C(O)/C=C/CCCCCCCCCCCCCCCCCCCCCCCCCCCCCCC. The first-order valence-electron chi connectivity index (χ1n) is 28.5. The number of carbonyl (C=O) groups is 1. The topological polar surface area (TPSA) is 69.6 Å². The quantitative estimate of drug-likeness (QED) is 0.0421. The van der Waals surface area contributed by atoms with Crippen LogP contribution in [0.1, 0.15) is 271 Å². The average molecular weight is 917 g/mol. The van der Waals surface area contributed by atoms with Crippen LogP contribution in [-0.2, 0) is 4.79 Å². The number of rotatable bonds is 51. The van der Waals surface area contributed by atoms with Crippen molar-refractivity contribution in [2.24, 2.45) is 0 Å². The van der Waals surface area contributed by atoms with Gasteiger partial charge < -0.3 is 15.5 Å². The molecule has 0 heterocycles. The van der Waals surface area contributed by atoms with E-state index in [-0.39, 0.29) is 12.5 Å². The molecule has 3 N–H and O–H groups in total. The van der Waals surface area contributed by atoms with Gasteiger partial charge in [-0.1, -0.05) is 291 Å². The predicted octanol–water partition coefficient (Wildman–Crippen LogP) is 18.9. The Kier molecular flexibility index (Phi) is 54.3. The van der Waals surface area contributed by atoms with E-state index in [9.17, 15) is 15.0 Å². The Morgan fingerprint density at radius 3 is 0.985 bits per heavy atom. The second kappa shape index (κ2) is 56.6. The van der Waals surface area contributed by atoms with E-state index >= 15 is 0 Å². The van der Waals surface area contributed by atoms with Gasteiger partial charge >= 0.3 is 0 Å². The van der Waals surface area contributed by atoms with Gasteiger partial charge in [0.2, 0.25) is 5.91 Å². The van der Waals surface area contributed by atoms with E-state index in [0.29, 0.717) is 6.42 Å². The first-order valence-corrected chi connectivity index (χ1v) is 28.5. The van der Waals surface area contributed by atoms with Crippen LogP contribution in [0.5, 0.6) is 0 Å². The van der Waals surface area contributed by atoms with E-state index in [1.807, 2.05) is 6.08 Å². The van der Waals surface area contributed by atoms with Crippen LogP contribution in [0, 0.1) is 0 Å². The van der Waals surface area contributed by atoms with Crippen LogP contribution in [0.2, 0.25) is 0 Å². The summed E-state index contributed by atoms with van der Waals surface area (Å²) in [6.07, 6.45) is 84.4. The van der Waals surface area contributed by atoms with Gasteiger partial charge in [-0.25, -0.2) is 0 Å². The molecule has 2 atom stereocenters. The van der Waals surface area contributed by atoms with Crippen molar-refractivity contribution in [1.82, 2.24) is 5.32 Å². The zero-order chi connectivity index (χ0) is 47.7. The van der Waals surface area contributed by atoms with Gasteiger partial charge in [0.1, 0.15) is 0 Å². The fourth-order valence-electron chi connectivity index (χ4n) is 8.29. The highest BCUT2D eigenvalue weighted by atomic mass is 16.3. The summed E-state index contributed by atoms with van der Waals surface area (Å²) in [5.41, 5.74) is 0. The molecule has 0 radical (unpaired) electrons. The number of hydrogen-bond acceptors (Lipinski definition) is 3. The minimum absolute atomic E-state index is 0.122. The van der Waals surface area contributed by atoms with Gasteiger partial charge in [-0.15, -0.1) is 0 Å². The zero-order valence-corrected chi connectivity index (χ0v) is 43.7. The van der Waals surface area contributed by atoms with Crippen molar-refractivity contribution < 1.29 is 15.0 Å². The van der Waals surface area contributed by atoms with Crippen molar-refractivity contribution in [1.29, 1.82) is 0 Å². The fourth-order valence-corrected chi connectivity index (χ4v) is 8.29. The third kappa shape index (κ3) is 52.3. The molecule has 2 unspecified atom stereocenters. The van der Waals surface area contributed by atoms with Crippen LogP contribution >= 0.6 is 0 Å². The highest BCUT2D eigenvalue weighted by Gasteiger charge is 2.17. The first kappa shape index (κ1) is 63.3. The minimum atomic E-state index is -0.871. The summed E-state index contributed by atoms with van der Waals surface area (Å²) in [5, 5.41) is 23.1. The standard InChI is InChI=1S/C62H109NO3/c1-3-5-7-9-11-13-15-17-19-21-23-25-27-28-29-30-31-32-33-34-36-37-39-41-43-45-47-49-51-53-55-57-61(65)60(59-64)63-62(66)58-56-54-52-50-48-46-44-42-40-38-35-26-24-22-20-18-16-14-12-10-8-6-4-2/h6,8,12,14,18,20,24,26,38,40,44,46,50,52,55,57,60-61,64-65H,3-5,7,9-11,13,15-17,19,21-23,25,27-37,39,41-43,45,47-49,51,53-54,56,58-59H2,1-2H3,(H,63,66)/b8-6-,14-12-,20-18-,26-24-,40-38-,46-44-,52-50-,57-55+. The number of allylic oxidation sites excluding steroid dienone is 15.